The minimum atomic E-state index is -0.450. The number of hydrogen-bond donors (Lipinski definition) is 2. The Kier molecular flexibility index (Phi) is 6.02. The number of benzene rings is 1. The summed E-state index contributed by atoms with van der Waals surface area (Å²) in [5.41, 5.74) is 0.575. The van der Waals surface area contributed by atoms with Gasteiger partial charge in [0, 0.05) is 19.5 Å². The van der Waals surface area contributed by atoms with E-state index >= 15 is 0 Å². The molecule has 1 rings (SSSR count). The van der Waals surface area contributed by atoms with Crippen molar-refractivity contribution in [2.24, 2.45) is 0 Å². The monoisotopic (exact) mass is 295 g/mol. The number of ether oxygens (including phenoxy) is 1. The fraction of sp³-hybridized carbons (Fsp3) is 0.467. The number of aromatic hydroxyl groups is 2. The Labute approximate surface area is 124 Å². The van der Waals surface area contributed by atoms with Gasteiger partial charge in [0.1, 0.15) is 18.0 Å². The van der Waals surface area contributed by atoms with Crippen molar-refractivity contribution in [1.29, 1.82) is 0 Å². The van der Waals surface area contributed by atoms with Crippen LogP contribution in [0.3, 0.4) is 0 Å². The molecule has 2 N–H and O–H groups in total. The van der Waals surface area contributed by atoms with Gasteiger partial charge in [0.2, 0.25) is 5.91 Å². The molecule has 6 heteroatoms. The lowest BCUT2D eigenvalue weighted by Crippen LogP contribution is -2.33. The number of phenolic OH excluding ortho intramolecular Hbond substituents is 2. The number of hydrogen-bond acceptors (Lipinski definition) is 5. The highest BCUT2D eigenvalue weighted by Crippen LogP contribution is 2.31. The van der Waals surface area contributed by atoms with E-state index in [0.29, 0.717) is 5.56 Å². The first kappa shape index (κ1) is 16.8. The molecule has 0 saturated heterocycles. The van der Waals surface area contributed by atoms with Gasteiger partial charge in [0.25, 0.3) is 0 Å². The second-order valence-electron chi connectivity index (χ2n) is 4.90. The lowest BCUT2D eigenvalue weighted by molar-refractivity contribution is -0.148. The quantitative estimate of drug-likeness (QED) is 0.779. The minimum Gasteiger partial charge on any atom is -0.508 e. The topological polar surface area (TPSA) is 87.1 Å². The van der Waals surface area contributed by atoms with Crippen LogP contribution in [0.2, 0.25) is 0 Å². The summed E-state index contributed by atoms with van der Waals surface area (Å²) < 4.78 is 4.78. The molecule has 0 aromatic heterocycles. The first-order valence-electron chi connectivity index (χ1n) is 6.76. The largest absolute Gasteiger partial charge is 0.508 e. The molecule has 21 heavy (non-hydrogen) atoms. The first-order chi connectivity index (χ1) is 9.85. The van der Waals surface area contributed by atoms with Crippen LogP contribution in [0.5, 0.6) is 11.5 Å². The lowest BCUT2D eigenvalue weighted by Gasteiger charge is -2.19. The zero-order chi connectivity index (χ0) is 16.0. The van der Waals surface area contributed by atoms with Gasteiger partial charge >= 0.3 is 5.97 Å². The molecule has 1 amide bonds. The standard InChI is InChI=1S/C15H21NO5/c1-4-21-15(20)9-16(3)14(19)7-10(2)12-6-5-11(17)8-13(12)18/h5-6,8,10,17-18H,4,7,9H2,1-3H3. The fourth-order valence-corrected chi connectivity index (χ4v) is 1.96. The third kappa shape index (κ3) is 4.98. The van der Waals surface area contributed by atoms with Gasteiger partial charge in [-0.25, -0.2) is 0 Å². The van der Waals surface area contributed by atoms with Gasteiger partial charge < -0.3 is 19.8 Å². The maximum absolute atomic E-state index is 12.0. The van der Waals surface area contributed by atoms with Gasteiger partial charge in [-0.3, -0.25) is 9.59 Å². The predicted octanol–water partition coefficient (Wildman–Crippen LogP) is 1.61. The molecule has 116 valence electrons. The van der Waals surface area contributed by atoms with Crippen molar-refractivity contribution in [3.8, 4) is 11.5 Å². The Morgan fingerprint density at radius 3 is 2.57 bits per heavy atom. The van der Waals surface area contributed by atoms with E-state index in [1.807, 2.05) is 0 Å². The van der Waals surface area contributed by atoms with Crippen LogP contribution in [0.25, 0.3) is 0 Å². The third-order valence-electron chi connectivity index (χ3n) is 3.12. The van der Waals surface area contributed by atoms with E-state index in [0.717, 1.165) is 0 Å². The Morgan fingerprint density at radius 1 is 1.33 bits per heavy atom. The highest BCUT2D eigenvalue weighted by atomic mass is 16.5. The van der Waals surface area contributed by atoms with Gasteiger partial charge in [0.05, 0.1) is 6.61 Å². The maximum atomic E-state index is 12.0. The number of phenols is 2. The van der Waals surface area contributed by atoms with Crippen molar-refractivity contribution in [3.63, 3.8) is 0 Å². The van der Waals surface area contributed by atoms with Gasteiger partial charge in [-0.2, -0.15) is 0 Å². The molecule has 0 spiro atoms. The van der Waals surface area contributed by atoms with Crippen molar-refractivity contribution < 1.29 is 24.5 Å². The van der Waals surface area contributed by atoms with Crippen molar-refractivity contribution in [1.82, 2.24) is 4.90 Å². The zero-order valence-electron chi connectivity index (χ0n) is 12.5. The molecule has 1 atom stereocenters. The predicted molar refractivity (Wildman–Crippen MR) is 77.1 cm³/mol. The molecule has 0 aliphatic rings. The van der Waals surface area contributed by atoms with Crippen molar-refractivity contribution in [3.05, 3.63) is 23.8 Å². The Bertz CT molecular complexity index is 515. The van der Waals surface area contributed by atoms with Crippen LogP contribution < -0.4 is 0 Å². The van der Waals surface area contributed by atoms with Crippen molar-refractivity contribution in [2.45, 2.75) is 26.2 Å². The minimum absolute atomic E-state index is 0.0331. The number of carbonyl (C=O) groups excluding carboxylic acids is 2. The Morgan fingerprint density at radius 2 is 2.00 bits per heavy atom. The summed E-state index contributed by atoms with van der Waals surface area (Å²) in [6.07, 6.45) is 0.147. The van der Waals surface area contributed by atoms with Gasteiger partial charge in [-0.05, 0) is 24.5 Å². The Hall–Kier alpha value is -2.24. The van der Waals surface area contributed by atoms with E-state index in [9.17, 15) is 19.8 Å². The van der Waals surface area contributed by atoms with Crippen LogP contribution in [-0.4, -0.2) is 47.2 Å². The van der Waals surface area contributed by atoms with E-state index < -0.39 is 5.97 Å². The highest BCUT2D eigenvalue weighted by molar-refractivity contribution is 5.82. The molecule has 0 fully saturated rings. The number of esters is 1. The zero-order valence-corrected chi connectivity index (χ0v) is 12.5. The molecule has 0 aliphatic heterocycles. The fourth-order valence-electron chi connectivity index (χ4n) is 1.96. The lowest BCUT2D eigenvalue weighted by atomic mass is 9.96. The molecular formula is C15H21NO5. The number of rotatable bonds is 6. The number of likely N-dealkylation sites (N-methyl/N-ethyl adjacent to an activating group) is 1. The summed E-state index contributed by atoms with van der Waals surface area (Å²) in [7, 11) is 1.53. The van der Waals surface area contributed by atoms with E-state index in [1.165, 1.54) is 24.1 Å². The molecular weight excluding hydrogens is 274 g/mol. The SMILES string of the molecule is CCOC(=O)CN(C)C(=O)CC(C)c1ccc(O)cc1O. The maximum Gasteiger partial charge on any atom is 0.325 e. The second kappa shape index (κ2) is 7.52. The molecule has 1 aromatic rings. The van der Waals surface area contributed by atoms with Gasteiger partial charge in [-0.1, -0.05) is 13.0 Å². The van der Waals surface area contributed by atoms with E-state index in [2.05, 4.69) is 0 Å². The van der Waals surface area contributed by atoms with E-state index in [-0.39, 0.29) is 42.9 Å². The number of amides is 1. The van der Waals surface area contributed by atoms with E-state index in [1.54, 1.807) is 19.9 Å². The summed E-state index contributed by atoms with van der Waals surface area (Å²) in [6.45, 7) is 3.68. The van der Waals surface area contributed by atoms with E-state index in [4.69, 9.17) is 4.74 Å². The second-order valence-corrected chi connectivity index (χ2v) is 4.90. The van der Waals surface area contributed by atoms with Crippen LogP contribution >= 0.6 is 0 Å². The normalized spacial score (nSPS) is 11.8. The molecule has 0 heterocycles. The first-order valence-corrected chi connectivity index (χ1v) is 6.76. The van der Waals surface area contributed by atoms with Gasteiger partial charge in [0.15, 0.2) is 0 Å². The van der Waals surface area contributed by atoms with Crippen LogP contribution in [0.1, 0.15) is 31.7 Å². The molecule has 0 radical (unpaired) electrons. The molecule has 0 bridgehead atoms. The van der Waals surface area contributed by atoms with Crippen LogP contribution in [-0.2, 0) is 14.3 Å². The molecule has 0 saturated carbocycles. The Balaban J connectivity index is 2.63. The molecule has 1 unspecified atom stereocenters. The number of carbonyl (C=O) groups is 2. The van der Waals surface area contributed by atoms with Crippen molar-refractivity contribution in [2.75, 3.05) is 20.2 Å². The smallest absolute Gasteiger partial charge is 0.325 e. The molecule has 6 nitrogen and oxygen atoms in total. The number of nitrogens with zero attached hydrogens (tertiary/aromatic N) is 1. The summed E-state index contributed by atoms with van der Waals surface area (Å²) in [5, 5.41) is 19.0. The molecule has 0 aliphatic carbocycles. The third-order valence-corrected chi connectivity index (χ3v) is 3.12. The summed E-state index contributed by atoms with van der Waals surface area (Å²) in [6, 6.07) is 4.27. The van der Waals surface area contributed by atoms with Gasteiger partial charge in [-0.15, -0.1) is 0 Å². The van der Waals surface area contributed by atoms with Crippen LogP contribution in [0.15, 0.2) is 18.2 Å². The average Bonchev–Trinajstić information content (AvgIpc) is 2.38. The highest BCUT2D eigenvalue weighted by Gasteiger charge is 2.19. The van der Waals surface area contributed by atoms with Crippen LogP contribution in [0.4, 0.5) is 0 Å². The van der Waals surface area contributed by atoms with Crippen LogP contribution in [0, 0.1) is 0 Å². The summed E-state index contributed by atoms with van der Waals surface area (Å²) >= 11 is 0. The summed E-state index contributed by atoms with van der Waals surface area (Å²) in [5.74, 6) is -0.989. The van der Waals surface area contributed by atoms with Crippen molar-refractivity contribution >= 4 is 11.9 Å². The average molecular weight is 295 g/mol. The molecule has 1 aromatic carbocycles. The summed E-state index contributed by atoms with van der Waals surface area (Å²) in [4.78, 5) is 24.7.